The lowest BCUT2D eigenvalue weighted by atomic mass is 10.2. The van der Waals surface area contributed by atoms with Crippen LogP contribution in [-0.2, 0) is 0 Å². The Kier molecular flexibility index (Phi) is 2.49. The highest BCUT2D eigenvalue weighted by molar-refractivity contribution is 4.74. The van der Waals surface area contributed by atoms with Gasteiger partial charge in [0.2, 0.25) is 0 Å². The molecule has 0 saturated carbocycles. The molecule has 0 aromatic heterocycles. The maximum atomic E-state index is 9.55. The van der Waals surface area contributed by atoms with Crippen molar-refractivity contribution < 1.29 is 10.3 Å². The lowest BCUT2D eigenvalue weighted by Gasteiger charge is -2.38. The van der Waals surface area contributed by atoms with Crippen LogP contribution in [0, 0.1) is 0 Å². The van der Waals surface area contributed by atoms with Crippen LogP contribution in [-0.4, -0.2) is 52.2 Å². The third kappa shape index (κ3) is 2.41. The van der Waals surface area contributed by atoms with Crippen LogP contribution in [0.15, 0.2) is 0 Å². The summed E-state index contributed by atoms with van der Waals surface area (Å²) in [6.07, 6.45) is 0. The molecule has 1 aliphatic heterocycles. The zero-order valence-electron chi connectivity index (χ0n) is 7.12. The summed E-state index contributed by atoms with van der Waals surface area (Å²) in [5.41, 5.74) is -0.749. The van der Waals surface area contributed by atoms with Gasteiger partial charge in [0, 0.05) is 26.2 Å². The fourth-order valence-corrected chi connectivity index (χ4v) is 1.24. The van der Waals surface area contributed by atoms with Gasteiger partial charge in [-0.3, -0.25) is 4.90 Å². The molecule has 0 amide bonds. The van der Waals surface area contributed by atoms with Gasteiger partial charge in [0.1, 0.15) is 5.72 Å². The van der Waals surface area contributed by atoms with Gasteiger partial charge in [-0.1, -0.05) is 0 Å². The quantitative estimate of drug-likeness (QED) is 0.554. The number of aliphatic hydroxyl groups is 1. The number of nitrogens with zero attached hydrogens (tertiary/aromatic N) is 2. The molecule has 0 aromatic rings. The van der Waals surface area contributed by atoms with Crippen LogP contribution in [0.4, 0.5) is 0 Å². The molecule has 1 heterocycles. The van der Waals surface area contributed by atoms with Crippen LogP contribution in [0.2, 0.25) is 0 Å². The Morgan fingerprint density at radius 2 is 1.55 bits per heavy atom. The molecule has 66 valence electrons. The van der Waals surface area contributed by atoms with E-state index in [2.05, 4.69) is 0 Å². The second kappa shape index (κ2) is 3.06. The molecule has 1 aliphatic rings. The summed E-state index contributed by atoms with van der Waals surface area (Å²) in [6.45, 7) is 6.20. The van der Waals surface area contributed by atoms with Crippen molar-refractivity contribution in [1.29, 1.82) is 0 Å². The second-order valence-electron chi connectivity index (χ2n) is 3.44. The first-order chi connectivity index (χ1) is 5.00. The van der Waals surface area contributed by atoms with Crippen LogP contribution in [0.5, 0.6) is 0 Å². The average Bonchev–Trinajstić information content (AvgIpc) is 1.86. The molecule has 0 atom stereocenters. The molecule has 1 fully saturated rings. The van der Waals surface area contributed by atoms with Gasteiger partial charge >= 0.3 is 0 Å². The molecular formula is C7H16N2O2. The fraction of sp³-hybridized carbons (Fsp3) is 1.00. The molecule has 0 radical (unpaired) electrons. The molecule has 0 bridgehead atoms. The van der Waals surface area contributed by atoms with Crippen molar-refractivity contribution in [2.45, 2.75) is 19.6 Å². The second-order valence-corrected chi connectivity index (χ2v) is 3.44. The van der Waals surface area contributed by atoms with Crippen LogP contribution < -0.4 is 0 Å². The lowest BCUT2D eigenvalue weighted by Crippen LogP contribution is -2.53. The summed E-state index contributed by atoms with van der Waals surface area (Å²) in [4.78, 5) is 1.94. The topological polar surface area (TPSA) is 46.9 Å². The van der Waals surface area contributed by atoms with Gasteiger partial charge < -0.3 is 10.3 Å². The monoisotopic (exact) mass is 160 g/mol. The van der Waals surface area contributed by atoms with Crippen molar-refractivity contribution >= 4 is 0 Å². The molecule has 1 rings (SSSR count). The van der Waals surface area contributed by atoms with Gasteiger partial charge in [0.25, 0.3) is 0 Å². The third-order valence-electron chi connectivity index (χ3n) is 2.03. The number of hydrogen-bond acceptors (Lipinski definition) is 4. The van der Waals surface area contributed by atoms with Crippen molar-refractivity contribution in [3.8, 4) is 0 Å². The summed E-state index contributed by atoms with van der Waals surface area (Å²) >= 11 is 0. The van der Waals surface area contributed by atoms with E-state index in [-0.39, 0.29) is 0 Å². The van der Waals surface area contributed by atoms with Crippen molar-refractivity contribution in [2.75, 3.05) is 26.2 Å². The van der Waals surface area contributed by atoms with Crippen LogP contribution in [0.25, 0.3) is 0 Å². The summed E-state index contributed by atoms with van der Waals surface area (Å²) < 4.78 is 0. The first kappa shape index (κ1) is 8.93. The van der Waals surface area contributed by atoms with Gasteiger partial charge in [-0.2, -0.15) is 5.06 Å². The summed E-state index contributed by atoms with van der Waals surface area (Å²) in [5.74, 6) is 0. The van der Waals surface area contributed by atoms with Gasteiger partial charge in [0.15, 0.2) is 0 Å². The Morgan fingerprint density at radius 1 is 1.09 bits per heavy atom. The predicted octanol–water partition coefficient (Wildman–Crippen LogP) is -0.278. The van der Waals surface area contributed by atoms with E-state index in [1.807, 2.05) is 4.90 Å². The van der Waals surface area contributed by atoms with Crippen molar-refractivity contribution in [3.05, 3.63) is 0 Å². The summed E-state index contributed by atoms with van der Waals surface area (Å²) in [7, 11) is 0. The van der Waals surface area contributed by atoms with Crippen molar-refractivity contribution in [2.24, 2.45) is 0 Å². The minimum atomic E-state index is -0.749. The van der Waals surface area contributed by atoms with Crippen LogP contribution >= 0.6 is 0 Å². The molecule has 2 N–H and O–H groups in total. The first-order valence-corrected chi connectivity index (χ1v) is 3.91. The van der Waals surface area contributed by atoms with E-state index in [9.17, 15) is 5.11 Å². The minimum absolute atomic E-state index is 0.615. The first-order valence-electron chi connectivity index (χ1n) is 3.91. The van der Waals surface area contributed by atoms with E-state index in [4.69, 9.17) is 5.21 Å². The molecule has 1 saturated heterocycles. The highest BCUT2D eigenvalue weighted by atomic mass is 16.5. The third-order valence-corrected chi connectivity index (χ3v) is 2.03. The minimum Gasteiger partial charge on any atom is -0.376 e. The highest BCUT2D eigenvalue weighted by Gasteiger charge is 2.26. The van der Waals surface area contributed by atoms with Gasteiger partial charge in [0.05, 0.1) is 0 Å². The largest absolute Gasteiger partial charge is 0.376 e. The molecule has 11 heavy (non-hydrogen) atoms. The van der Waals surface area contributed by atoms with E-state index in [1.54, 1.807) is 13.8 Å². The Bertz CT molecular complexity index is 125. The molecule has 0 aromatic carbocycles. The van der Waals surface area contributed by atoms with Crippen LogP contribution in [0.3, 0.4) is 0 Å². The summed E-state index contributed by atoms with van der Waals surface area (Å²) in [6, 6.07) is 0. The normalized spacial score (nSPS) is 24.0. The number of piperazine rings is 1. The maximum Gasteiger partial charge on any atom is 0.112 e. The van der Waals surface area contributed by atoms with E-state index < -0.39 is 5.72 Å². The molecular weight excluding hydrogens is 144 g/mol. The molecule has 0 spiro atoms. The Labute approximate surface area is 67.0 Å². The van der Waals surface area contributed by atoms with Crippen molar-refractivity contribution in [1.82, 2.24) is 9.96 Å². The fourth-order valence-electron chi connectivity index (χ4n) is 1.24. The van der Waals surface area contributed by atoms with Crippen molar-refractivity contribution in [3.63, 3.8) is 0 Å². The van der Waals surface area contributed by atoms with E-state index >= 15 is 0 Å². The van der Waals surface area contributed by atoms with E-state index in [0.29, 0.717) is 13.1 Å². The van der Waals surface area contributed by atoms with E-state index in [1.165, 1.54) is 5.06 Å². The van der Waals surface area contributed by atoms with Gasteiger partial charge in [-0.15, -0.1) is 0 Å². The van der Waals surface area contributed by atoms with Crippen LogP contribution in [0.1, 0.15) is 13.8 Å². The Morgan fingerprint density at radius 3 is 1.91 bits per heavy atom. The predicted molar refractivity (Wildman–Crippen MR) is 41.2 cm³/mol. The number of hydrogen-bond donors (Lipinski definition) is 2. The average molecular weight is 160 g/mol. The highest BCUT2D eigenvalue weighted by Crippen LogP contribution is 2.11. The zero-order chi connectivity index (χ0) is 8.48. The lowest BCUT2D eigenvalue weighted by molar-refractivity contribution is -0.161. The number of hydroxylamine groups is 2. The Hall–Kier alpha value is -0.160. The SMILES string of the molecule is CC(C)(O)N1CCN(O)CC1. The van der Waals surface area contributed by atoms with Gasteiger partial charge in [-0.05, 0) is 13.8 Å². The van der Waals surface area contributed by atoms with E-state index in [0.717, 1.165) is 13.1 Å². The van der Waals surface area contributed by atoms with Gasteiger partial charge in [-0.25, -0.2) is 0 Å². The smallest absolute Gasteiger partial charge is 0.112 e. The number of rotatable bonds is 1. The maximum absolute atomic E-state index is 9.55. The molecule has 4 nitrogen and oxygen atoms in total. The zero-order valence-corrected chi connectivity index (χ0v) is 7.12. The molecule has 0 unspecified atom stereocenters. The molecule has 4 heteroatoms. The Balaban J connectivity index is 2.39. The standard InChI is InChI=1S/C7H16N2O2/c1-7(2,10)8-3-5-9(11)6-4-8/h10-11H,3-6H2,1-2H3. The molecule has 0 aliphatic carbocycles. The summed E-state index contributed by atoms with van der Waals surface area (Å²) in [5, 5.41) is 19.9.